The minimum atomic E-state index is -0.517. The molecule has 3 heterocycles. The minimum Gasteiger partial charge on any atom is -0.394 e. The van der Waals surface area contributed by atoms with Crippen molar-refractivity contribution in [1.82, 2.24) is 24.6 Å². The molecule has 0 amide bonds. The van der Waals surface area contributed by atoms with Gasteiger partial charge in [0.15, 0.2) is 5.65 Å². The number of fused-ring (bicyclic) bond motifs is 1. The van der Waals surface area contributed by atoms with Gasteiger partial charge in [0.1, 0.15) is 11.6 Å². The molecule has 7 nitrogen and oxygen atoms in total. The van der Waals surface area contributed by atoms with Crippen molar-refractivity contribution in [2.45, 2.75) is 0 Å². The number of rotatable bonds is 1. The highest BCUT2D eigenvalue weighted by molar-refractivity contribution is 5.66. The lowest BCUT2D eigenvalue weighted by atomic mass is 10.2. The summed E-state index contributed by atoms with van der Waals surface area (Å²) in [6, 6.07) is 1.22. The van der Waals surface area contributed by atoms with Gasteiger partial charge >= 0.3 is 5.69 Å². The molecular weight excluding hydrogens is 239 g/mol. The molecule has 0 fully saturated rings. The molecule has 3 N–H and O–H groups in total. The van der Waals surface area contributed by atoms with Crippen LogP contribution in [0, 0.1) is 5.82 Å². The molecule has 0 aliphatic heterocycles. The highest BCUT2D eigenvalue weighted by Gasteiger charge is 2.09. The van der Waals surface area contributed by atoms with Crippen LogP contribution in [0.15, 0.2) is 29.5 Å². The molecule has 0 atom stereocenters. The van der Waals surface area contributed by atoms with Gasteiger partial charge in [0.05, 0.1) is 18.1 Å². The normalized spacial score (nSPS) is 10.9. The van der Waals surface area contributed by atoms with E-state index in [-0.39, 0.29) is 17.2 Å². The second kappa shape index (κ2) is 3.62. The van der Waals surface area contributed by atoms with Crippen LogP contribution < -0.4 is 11.4 Å². The zero-order valence-electron chi connectivity index (χ0n) is 8.96. The Kier molecular flexibility index (Phi) is 2.09. The number of nitrogens with one attached hydrogen (secondary N) is 1. The van der Waals surface area contributed by atoms with Crippen LogP contribution in [-0.4, -0.2) is 24.6 Å². The van der Waals surface area contributed by atoms with Crippen LogP contribution in [-0.2, 0) is 0 Å². The lowest BCUT2D eigenvalue weighted by molar-refractivity contribution is 0.621. The van der Waals surface area contributed by atoms with Crippen LogP contribution in [0.3, 0.4) is 0 Å². The smallest absolute Gasteiger partial charge is 0.349 e. The fraction of sp³-hybridized carbons (Fsp3) is 0. The number of halogens is 1. The third kappa shape index (κ3) is 1.51. The molecule has 0 aromatic carbocycles. The van der Waals surface area contributed by atoms with Crippen molar-refractivity contribution in [1.29, 1.82) is 0 Å². The average Bonchev–Trinajstić information content (AvgIpc) is 2.72. The standard InChI is InChI=1S/C10H7FN6O/c11-6-1-5(2-13-3-6)8-15-9-7(12)4-14-17(9)10(18)16-8/h1-4H,12H2,(H,15,16,18). The van der Waals surface area contributed by atoms with Crippen molar-refractivity contribution in [2.75, 3.05) is 5.73 Å². The molecule has 0 bridgehead atoms. The molecule has 0 spiro atoms. The third-order valence-corrected chi connectivity index (χ3v) is 2.38. The number of aromatic amines is 1. The Bertz CT molecular complexity index is 792. The van der Waals surface area contributed by atoms with Crippen LogP contribution >= 0.6 is 0 Å². The maximum absolute atomic E-state index is 13.1. The van der Waals surface area contributed by atoms with E-state index in [2.05, 4.69) is 20.1 Å². The highest BCUT2D eigenvalue weighted by Crippen LogP contribution is 2.15. The number of anilines is 1. The minimum absolute atomic E-state index is 0.187. The summed E-state index contributed by atoms with van der Waals surface area (Å²) in [4.78, 5) is 22.0. The Labute approximate surface area is 99.1 Å². The fourth-order valence-corrected chi connectivity index (χ4v) is 1.58. The van der Waals surface area contributed by atoms with Crippen LogP contribution in [0.2, 0.25) is 0 Å². The van der Waals surface area contributed by atoms with Crippen molar-refractivity contribution in [2.24, 2.45) is 0 Å². The first-order chi connectivity index (χ1) is 8.65. The molecular formula is C10H7FN6O. The Morgan fingerprint density at radius 3 is 2.94 bits per heavy atom. The summed E-state index contributed by atoms with van der Waals surface area (Å²) in [6.45, 7) is 0. The average molecular weight is 246 g/mol. The van der Waals surface area contributed by atoms with Gasteiger partial charge in [-0.1, -0.05) is 0 Å². The maximum Gasteiger partial charge on any atom is 0.349 e. The Balaban J connectivity index is 2.30. The number of hydrogen-bond donors (Lipinski definition) is 2. The number of aromatic nitrogens is 5. The summed E-state index contributed by atoms with van der Waals surface area (Å²) in [6.07, 6.45) is 3.78. The SMILES string of the molecule is Nc1cnn2c(=O)[nH]c(-c3cncc(F)c3)nc12. The summed E-state index contributed by atoms with van der Waals surface area (Å²) < 4.78 is 14.1. The van der Waals surface area contributed by atoms with E-state index < -0.39 is 11.5 Å². The number of pyridine rings is 1. The van der Waals surface area contributed by atoms with Gasteiger partial charge in [0.25, 0.3) is 0 Å². The first-order valence-corrected chi connectivity index (χ1v) is 4.99. The van der Waals surface area contributed by atoms with Crippen LogP contribution in [0.1, 0.15) is 0 Å². The van der Waals surface area contributed by atoms with Gasteiger partial charge in [0.2, 0.25) is 0 Å². The van der Waals surface area contributed by atoms with Gasteiger partial charge in [-0.05, 0) is 6.07 Å². The predicted molar refractivity (Wildman–Crippen MR) is 61.2 cm³/mol. The second-order valence-corrected chi connectivity index (χ2v) is 3.62. The van der Waals surface area contributed by atoms with Gasteiger partial charge < -0.3 is 5.73 Å². The van der Waals surface area contributed by atoms with Gasteiger partial charge in [0, 0.05) is 11.8 Å². The molecule has 0 saturated carbocycles. The molecule has 90 valence electrons. The number of hydrogen-bond acceptors (Lipinski definition) is 5. The zero-order valence-corrected chi connectivity index (χ0v) is 8.96. The van der Waals surface area contributed by atoms with Gasteiger partial charge in [-0.3, -0.25) is 9.97 Å². The Morgan fingerprint density at radius 1 is 1.33 bits per heavy atom. The zero-order chi connectivity index (χ0) is 12.7. The van der Waals surface area contributed by atoms with Crippen LogP contribution in [0.25, 0.3) is 17.0 Å². The van der Waals surface area contributed by atoms with Crippen molar-refractivity contribution < 1.29 is 4.39 Å². The number of nitrogens with two attached hydrogens (primary N) is 1. The third-order valence-electron chi connectivity index (χ3n) is 2.38. The summed E-state index contributed by atoms with van der Waals surface area (Å²) >= 11 is 0. The predicted octanol–water partition coefficient (Wildman–Crippen LogP) is 0.201. The molecule has 0 radical (unpaired) electrons. The fourth-order valence-electron chi connectivity index (χ4n) is 1.58. The van der Waals surface area contributed by atoms with E-state index in [1.807, 2.05) is 0 Å². The van der Waals surface area contributed by atoms with E-state index in [0.29, 0.717) is 5.56 Å². The topological polar surface area (TPSA) is 102 Å². The van der Waals surface area contributed by atoms with Crippen molar-refractivity contribution >= 4 is 11.3 Å². The van der Waals surface area contributed by atoms with Crippen molar-refractivity contribution in [3.8, 4) is 11.4 Å². The van der Waals surface area contributed by atoms with Crippen LogP contribution in [0.5, 0.6) is 0 Å². The van der Waals surface area contributed by atoms with Gasteiger partial charge in [-0.25, -0.2) is 14.2 Å². The Hall–Kier alpha value is -2.77. The summed E-state index contributed by atoms with van der Waals surface area (Å²) in [5.41, 5.74) is 5.98. The van der Waals surface area contributed by atoms with Crippen LogP contribution in [0.4, 0.5) is 10.1 Å². The van der Waals surface area contributed by atoms with E-state index in [1.165, 1.54) is 18.5 Å². The molecule has 3 rings (SSSR count). The number of nitrogen functional groups attached to an aromatic ring is 1. The van der Waals surface area contributed by atoms with E-state index in [4.69, 9.17) is 5.73 Å². The van der Waals surface area contributed by atoms with Crippen molar-refractivity contribution in [3.05, 3.63) is 41.0 Å². The maximum atomic E-state index is 13.1. The molecule has 0 unspecified atom stereocenters. The molecule has 0 aliphatic rings. The molecule has 3 aromatic rings. The second-order valence-electron chi connectivity index (χ2n) is 3.62. The molecule has 3 aromatic heterocycles. The molecule has 8 heteroatoms. The van der Waals surface area contributed by atoms with E-state index in [1.54, 1.807) is 0 Å². The molecule has 18 heavy (non-hydrogen) atoms. The summed E-state index contributed by atoms with van der Waals surface area (Å²) in [5.74, 6) is -0.330. The van der Waals surface area contributed by atoms with Gasteiger partial charge in [-0.15, -0.1) is 0 Å². The summed E-state index contributed by atoms with van der Waals surface area (Å²) in [5, 5.41) is 3.77. The number of H-pyrrole nitrogens is 1. The quantitative estimate of drug-likeness (QED) is 0.638. The lowest BCUT2D eigenvalue weighted by Crippen LogP contribution is -2.19. The van der Waals surface area contributed by atoms with E-state index in [9.17, 15) is 9.18 Å². The first kappa shape index (κ1) is 10.4. The van der Waals surface area contributed by atoms with Crippen molar-refractivity contribution in [3.63, 3.8) is 0 Å². The number of nitrogens with zero attached hydrogens (tertiary/aromatic N) is 4. The van der Waals surface area contributed by atoms with E-state index in [0.717, 1.165) is 10.7 Å². The monoisotopic (exact) mass is 246 g/mol. The highest BCUT2D eigenvalue weighted by atomic mass is 19.1. The lowest BCUT2D eigenvalue weighted by Gasteiger charge is -2.01. The van der Waals surface area contributed by atoms with E-state index >= 15 is 0 Å². The first-order valence-electron chi connectivity index (χ1n) is 4.99. The Morgan fingerprint density at radius 2 is 2.17 bits per heavy atom. The molecule has 0 aliphatic carbocycles. The summed E-state index contributed by atoms with van der Waals surface area (Å²) in [7, 11) is 0. The molecule has 0 saturated heterocycles. The van der Waals surface area contributed by atoms with Gasteiger partial charge in [-0.2, -0.15) is 9.61 Å². The largest absolute Gasteiger partial charge is 0.394 e.